The maximum Gasteiger partial charge on any atom is 0.426 e. The Bertz CT molecular complexity index is 494. The Balaban J connectivity index is 1.89. The number of halogens is 6. The standard InChI is InChI=1S/C16H22F6O/c1-8-9(7-14(23,15(17,18)19)16(20,21)22)6-13-5-4-10(8)11(13)12(13,2)3/h8-11,23H,4-7H2,1-3H3. The molecule has 0 aromatic heterocycles. The largest absolute Gasteiger partial charge is 0.426 e. The quantitative estimate of drug-likeness (QED) is 0.704. The highest BCUT2D eigenvalue weighted by atomic mass is 19.4. The smallest absolute Gasteiger partial charge is 0.374 e. The molecule has 0 radical (unpaired) electrons. The van der Waals surface area contributed by atoms with Gasteiger partial charge in [-0.3, -0.25) is 0 Å². The van der Waals surface area contributed by atoms with Gasteiger partial charge in [0.1, 0.15) is 0 Å². The van der Waals surface area contributed by atoms with Crippen LogP contribution in [0, 0.1) is 34.5 Å². The van der Waals surface area contributed by atoms with Crippen molar-refractivity contribution in [2.24, 2.45) is 34.5 Å². The molecule has 3 fully saturated rings. The second-order valence-electron chi connectivity index (χ2n) is 8.44. The molecule has 3 aliphatic carbocycles. The first kappa shape index (κ1) is 17.4. The summed E-state index contributed by atoms with van der Waals surface area (Å²) in [4.78, 5) is 0. The van der Waals surface area contributed by atoms with Crippen molar-refractivity contribution in [2.45, 2.75) is 64.4 Å². The summed E-state index contributed by atoms with van der Waals surface area (Å²) in [5.74, 6) is -0.400. The zero-order valence-electron chi connectivity index (χ0n) is 13.4. The summed E-state index contributed by atoms with van der Waals surface area (Å²) in [7, 11) is 0. The van der Waals surface area contributed by atoms with Gasteiger partial charge in [-0.25, -0.2) is 0 Å². The van der Waals surface area contributed by atoms with Crippen molar-refractivity contribution in [3.05, 3.63) is 0 Å². The molecule has 0 aromatic rings. The molecule has 0 aliphatic heterocycles. The Labute approximate surface area is 131 Å². The van der Waals surface area contributed by atoms with Gasteiger partial charge in [0, 0.05) is 0 Å². The van der Waals surface area contributed by atoms with E-state index in [2.05, 4.69) is 13.8 Å². The molecule has 3 rings (SSSR count). The molecule has 2 bridgehead atoms. The lowest BCUT2D eigenvalue weighted by molar-refractivity contribution is -0.374. The van der Waals surface area contributed by atoms with E-state index in [9.17, 15) is 31.4 Å². The van der Waals surface area contributed by atoms with Crippen LogP contribution in [0.25, 0.3) is 0 Å². The predicted octanol–water partition coefficient (Wildman–Crippen LogP) is 4.94. The molecule has 0 spiro atoms. The van der Waals surface area contributed by atoms with Gasteiger partial charge in [-0.1, -0.05) is 20.8 Å². The van der Waals surface area contributed by atoms with Gasteiger partial charge >= 0.3 is 12.4 Å². The summed E-state index contributed by atoms with van der Waals surface area (Å²) in [5, 5.41) is 9.52. The van der Waals surface area contributed by atoms with Crippen LogP contribution in [0.15, 0.2) is 0 Å². The first-order valence-corrected chi connectivity index (χ1v) is 8.05. The lowest BCUT2D eigenvalue weighted by Gasteiger charge is -2.40. The zero-order chi connectivity index (χ0) is 17.6. The average Bonchev–Trinajstić information content (AvgIpc) is 2.71. The third-order valence-electron chi connectivity index (χ3n) is 7.47. The number of aliphatic hydroxyl groups is 1. The van der Waals surface area contributed by atoms with E-state index in [1.54, 1.807) is 6.92 Å². The molecule has 3 saturated carbocycles. The Morgan fingerprint density at radius 1 is 1.04 bits per heavy atom. The molecular weight excluding hydrogens is 322 g/mol. The molecule has 7 heteroatoms. The van der Waals surface area contributed by atoms with E-state index in [1.807, 2.05) is 0 Å². The van der Waals surface area contributed by atoms with Gasteiger partial charge in [0.15, 0.2) is 0 Å². The lowest BCUT2D eigenvalue weighted by atomic mass is 9.69. The van der Waals surface area contributed by atoms with Crippen LogP contribution in [0.2, 0.25) is 0 Å². The van der Waals surface area contributed by atoms with E-state index < -0.39 is 30.3 Å². The predicted molar refractivity (Wildman–Crippen MR) is 71.4 cm³/mol. The highest BCUT2D eigenvalue weighted by Gasteiger charge is 2.79. The number of rotatable bonds is 2. The van der Waals surface area contributed by atoms with Gasteiger partial charge in [-0.2, -0.15) is 26.3 Å². The molecule has 3 aliphatic rings. The SMILES string of the molecule is CC1C(CC(O)(C(F)(F)F)C(F)(F)F)CC23CCC1C2C3(C)C. The normalized spacial score (nSPS) is 42.5. The number of alkyl halides is 6. The van der Waals surface area contributed by atoms with Crippen LogP contribution < -0.4 is 0 Å². The molecular formula is C16H22F6O. The molecule has 0 heterocycles. The summed E-state index contributed by atoms with van der Waals surface area (Å²) >= 11 is 0. The average molecular weight is 344 g/mol. The first-order chi connectivity index (χ1) is 10.2. The van der Waals surface area contributed by atoms with E-state index in [0.29, 0.717) is 12.3 Å². The molecule has 1 nitrogen and oxygen atoms in total. The van der Waals surface area contributed by atoms with Gasteiger partial charge in [0.2, 0.25) is 0 Å². The van der Waals surface area contributed by atoms with Crippen molar-refractivity contribution in [1.29, 1.82) is 0 Å². The molecule has 0 saturated heterocycles. The van der Waals surface area contributed by atoms with Gasteiger partial charge < -0.3 is 5.11 Å². The number of hydrogen-bond acceptors (Lipinski definition) is 1. The van der Waals surface area contributed by atoms with E-state index in [-0.39, 0.29) is 22.7 Å². The topological polar surface area (TPSA) is 20.2 Å². The Hall–Kier alpha value is -0.460. The summed E-state index contributed by atoms with van der Waals surface area (Å²) in [6.45, 7) is 5.89. The third kappa shape index (κ3) is 1.97. The third-order valence-corrected chi connectivity index (χ3v) is 7.47. The maximum atomic E-state index is 13.0. The zero-order valence-corrected chi connectivity index (χ0v) is 13.4. The summed E-state index contributed by atoms with van der Waals surface area (Å²) in [5.41, 5.74) is -4.73. The Morgan fingerprint density at radius 2 is 1.57 bits per heavy atom. The summed E-state index contributed by atoms with van der Waals surface area (Å²) < 4.78 is 77.9. The van der Waals surface area contributed by atoms with Crippen molar-refractivity contribution in [3.63, 3.8) is 0 Å². The summed E-state index contributed by atoms with van der Waals surface area (Å²) in [6, 6.07) is 0. The van der Waals surface area contributed by atoms with Gasteiger partial charge in [0.05, 0.1) is 0 Å². The molecule has 0 amide bonds. The number of hydrogen-bond donors (Lipinski definition) is 1. The molecule has 134 valence electrons. The van der Waals surface area contributed by atoms with Crippen LogP contribution in [0.1, 0.15) is 46.5 Å². The summed E-state index contributed by atoms with van der Waals surface area (Å²) in [6.07, 6.45) is -10.6. The van der Waals surface area contributed by atoms with Crippen molar-refractivity contribution in [1.82, 2.24) is 0 Å². The van der Waals surface area contributed by atoms with E-state index in [4.69, 9.17) is 0 Å². The van der Waals surface area contributed by atoms with Crippen molar-refractivity contribution < 1.29 is 31.4 Å². The van der Waals surface area contributed by atoms with Crippen LogP contribution in [0.5, 0.6) is 0 Å². The minimum absolute atomic E-state index is 0.00644. The Kier molecular flexibility index (Phi) is 3.31. The monoisotopic (exact) mass is 344 g/mol. The minimum atomic E-state index is -5.71. The van der Waals surface area contributed by atoms with Crippen LogP contribution in [-0.2, 0) is 0 Å². The van der Waals surface area contributed by atoms with Crippen molar-refractivity contribution in [2.75, 3.05) is 0 Å². The Morgan fingerprint density at radius 3 is 2.00 bits per heavy atom. The molecule has 5 unspecified atom stereocenters. The second kappa shape index (κ2) is 4.38. The van der Waals surface area contributed by atoms with Gasteiger partial charge in [-0.05, 0) is 60.2 Å². The van der Waals surface area contributed by atoms with Crippen LogP contribution in [0.4, 0.5) is 26.3 Å². The lowest BCUT2D eigenvalue weighted by Crippen LogP contribution is -2.58. The van der Waals surface area contributed by atoms with E-state index in [1.165, 1.54) is 0 Å². The van der Waals surface area contributed by atoms with Crippen LogP contribution >= 0.6 is 0 Å². The molecule has 0 aromatic carbocycles. The molecule has 1 N–H and O–H groups in total. The van der Waals surface area contributed by atoms with Crippen molar-refractivity contribution >= 4 is 0 Å². The fourth-order valence-corrected chi connectivity index (χ4v) is 6.09. The van der Waals surface area contributed by atoms with Crippen LogP contribution in [-0.4, -0.2) is 23.1 Å². The van der Waals surface area contributed by atoms with Crippen LogP contribution in [0.3, 0.4) is 0 Å². The van der Waals surface area contributed by atoms with E-state index in [0.717, 1.165) is 12.8 Å². The molecule has 5 atom stereocenters. The van der Waals surface area contributed by atoms with Gasteiger partial charge in [-0.15, -0.1) is 0 Å². The first-order valence-electron chi connectivity index (χ1n) is 8.05. The fraction of sp³-hybridized carbons (Fsp3) is 1.00. The molecule has 23 heavy (non-hydrogen) atoms. The van der Waals surface area contributed by atoms with E-state index >= 15 is 0 Å². The highest BCUT2D eigenvalue weighted by Crippen LogP contribution is 2.84. The fourth-order valence-electron chi connectivity index (χ4n) is 6.09. The van der Waals surface area contributed by atoms with Gasteiger partial charge in [0.25, 0.3) is 5.60 Å². The highest BCUT2D eigenvalue weighted by molar-refractivity contribution is 5.26. The minimum Gasteiger partial charge on any atom is -0.374 e. The maximum absolute atomic E-state index is 13.0. The van der Waals surface area contributed by atoms with Crippen molar-refractivity contribution in [3.8, 4) is 0 Å². The second-order valence-corrected chi connectivity index (χ2v) is 8.44.